The van der Waals surface area contributed by atoms with Crippen LogP contribution in [0.5, 0.6) is 0 Å². The average molecular weight is 409 g/mol. The van der Waals surface area contributed by atoms with Crippen molar-refractivity contribution in [1.82, 2.24) is 0 Å². The lowest BCUT2D eigenvalue weighted by molar-refractivity contribution is -0.0956. The van der Waals surface area contributed by atoms with Gasteiger partial charge in [0.25, 0.3) is 0 Å². The van der Waals surface area contributed by atoms with Crippen LogP contribution in [-0.2, 0) is 0 Å². The fourth-order valence-electron chi connectivity index (χ4n) is 9.00. The molecule has 5 aliphatic rings. The van der Waals surface area contributed by atoms with Gasteiger partial charge in [0, 0.05) is 0 Å². The van der Waals surface area contributed by atoms with Gasteiger partial charge in [-0.2, -0.15) is 0 Å². The lowest BCUT2D eigenvalue weighted by Crippen LogP contribution is -2.54. The van der Waals surface area contributed by atoms with Gasteiger partial charge in [0.15, 0.2) is 0 Å². The van der Waals surface area contributed by atoms with Gasteiger partial charge in [0.2, 0.25) is 0 Å². The van der Waals surface area contributed by atoms with Crippen molar-refractivity contribution < 1.29 is 0 Å². The van der Waals surface area contributed by atoms with Crippen LogP contribution in [0.1, 0.15) is 112 Å². The van der Waals surface area contributed by atoms with Crippen LogP contribution in [0.25, 0.3) is 0 Å². The maximum Gasteiger partial charge on any atom is -0.00788 e. The quantitative estimate of drug-likeness (QED) is 0.379. The number of hydrogen-bond donors (Lipinski definition) is 0. The summed E-state index contributed by atoms with van der Waals surface area (Å²) in [4.78, 5) is 0. The predicted molar refractivity (Wildman–Crippen MR) is 131 cm³/mol. The minimum absolute atomic E-state index is 0.467. The highest BCUT2D eigenvalue weighted by molar-refractivity contribution is 5.34. The van der Waals surface area contributed by atoms with Crippen LogP contribution in [0.15, 0.2) is 36.0 Å². The smallest absolute Gasteiger partial charge is 0.00788 e. The fourth-order valence-corrected chi connectivity index (χ4v) is 9.00. The molecule has 0 nitrogen and oxygen atoms in total. The van der Waals surface area contributed by atoms with E-state index in [1.165, 1.54) is 82.6 Å². The third-order valence-electron chi connectivity index (χ3n) is 11.0. The Balaban J connectivity index is 0.000000503. The lowest BCUT2D eigenvalue weighted by Gasteiger charge is -2.61. The minimum Gasteiger partial charge on any atom is -0.0998 e. The molecular formula is C30H48. The summed E-state index contributed by atoms with van der Waals surface area (Å²) in [6.45, 7) is 21.0. The lowest BCUT2D eigenvalue weighted by atomic mass is 9.43. The number of hydrogen-bond acceptors (Lipinski definition) is 0. The van der Waals surface area contributed by atoms with Crippen molar-refractivity contribution in [3.05, 3.63) is 36.0 Å². The van der Waals surface area contributed by atoms with Crippen molar-refractivity contribution >= 4 is 0 Å². The number of allylic oxidation sites excluding steroid dienone is 4. The highest BCUT2D eigenvalue weighted by atomic mass is 14.7. The van der Waals surface area contributed by atoms with Crippen LogP contribution in [0.3, 0.4) is 0 Å². The second kappa shape index (κ2) is 7.97. The Hall–Kier alpha value is -0.780. The van der Waals surface area contributed by atoms with E-state index in [1.54, 1.807) is 11.1 Å². The van der Waals surface area contributed by atoms with Crippen molar-refractivity contribution in [2.24, 2.45) is 39.9 Å². The van der Waals surface area contributed by atoms with Crippen LogP contribution in [0.2, 0.25) is 0 Å². The van der Waals surface area contributed by atoms with E-state index in [2.05, 4.69) is 53.9 Å². The molecule has 4 fully saturated rings. The van der Waals surface area contributed by atoms with E-state index in [-0.39, 0.29) is 0 Å². The fraction of sp³-hybridized carbons (Fsp3) is 0.800. The molecule has 0 aromatic carbocycles. The van der Waals surface area contributed by atoms with E-state index in [1.807, 2.05) is 0 Å². The first-order chi connectivity index (χ1) is 14.2. The van der Waals surface area contributed by atoms with E-state index >= 15 is 0 Å². The number of rotatable bonds is 1. The molecule has 5 unspecified atom stereocenters. The summed E-state index contributed by atoms with van der Waals surface area (Å²) >= 11 is 0. The molecule has 0 aliphatic heterocycles. The molecule has 0 heterocycles. The second-order valence-corrected chi connectivity index (χ2v) is 12.4. The van der Waals surface area contributed by atoms with Gasteiger partial charge < -0.3 is 0 Å². The Labute approximate surface area is 187 Å². The number of fused-ring (bicyclic) bond motifs is 6. The van der Waals surface area contributed by atoms with Gasteiger partial charge in [-0.05, 0) is 104 Å². The van der Waals surface area contributed by atoms with Crippen molar-refractivity contribution in [3.8, 4) is 0 Å². The second-order valence-electron chi connectivity index (χ2n) is 12.4. The monoisotopic (exact) mass is 408 g/mol. The van der Waals surface area contributed by atoms with Gasteiger partial charge >= 0.3 is 0 Å². The first kappa shape index (κ1) is 22.4. The largest absolute Gasteiger partial charge is 0.0998 e. The summed E-state index contributed by atoms with van der Waals surface area (Å²) in [5, 5.41) is 0. The molecule has 0 amide bonds. The molecule has 7 atom stereocenters. The standard InChI is InChI=1S/C26H38.C4H10/c1-17-6-10-24(4)20(14-17)15-19(3)23-21(24)8-11-25(5)22(23)9-13-26(25)12-7-18(2)16-26;1-3-4-2/h14,19,21-23H,1-2,6-13,15-16H2,3-5H3;3-4H2,1-2H3/t19-,21?,22?,23?,24?,25?,26-;/m1./s1. The van der Waals surface area contributed by atoms with Gasteiger partial charge in [-0.3, -0.25) is 0 Å². The molecule has 0 heteroatoms. The first-order valence-corrected chi connectivity index (χ1v) is 13.3. The highest BCUT2D eigenvalue weighted by Gasteiger charge is 2.65. The first-order valence-electron chi connectivity index (χ1n) is 13.3. The summed E-state index contributed by atoms with van der Waals surface area (Å²) in [6, 6.07) is 0. The maximum absolute atomic E-state index is 4.39. The Morgan fingerprint density at radius 3 is 2.27 bits per heavy atom. The highest BCUT2D eigenvalue weighted by Crippen LogP contribution is 2.74. The van der Waals surface area contributed by atoms with Gasteiger partial charge in [0.1, 0.15) is 0 Å². The van der Waals surface area contributed by atoms with Crippen LogP contribution in [0, 0.1) is 39.9 Å². The van der Waals surface area contributed by atoms with Crippen molar-refractivity contribution in [3.63, 3.8) is 0 Å². The summed E-state index contributed by atoms with van der Waals surface area (Å²) in [5.74, 6) is 3.69. The van der Waals surface area contributed by atoms with E-state index in [9.17, 15) is 0 Å². The Morgan fingerprint density at radius 2 is 1.63 bits per heavy atom. The SMILES string of the molecule is C=C1C=C2C[C@@H](C)C3C(CCC4(C)C3CC[C@@]43CCC(=C)C3)C2(C)CC1.CCCC. The molecule has 0 bridgehead atoms. The molecule has 0 aromatic heterocycles. The molecule has 0 N–H and O–H groups in total. The molecule has 0 saturated heterocycles. The summed E-state index contributed by atoms with van der Waals surface area (Å²) in [5.41, 5.74) is 6.35. The van der Waals surface area contributed by atoms with Gasteiger partial charge in [-0.1, -0.05) is 83.4 Å². The van der Waals surface area contributed by atoms with Gasteiger partial charge in [-0.15, -0.1) is 0 Å². The normalized spacial score (nSPS) is 47.2. The minimum atomic E-state index is 0.467. The molecule has 1 spiro atoms. The molecule has 5 aliphatic carbocycles. The summed E-state index contributed by atoms with van der Waals surface area (Å²) < 4.78 is 0. The van der Waals surface area contributed by atoms with Crippen molar-refractivity contribution in [1.29, 1.82) is 0 Å². The average Bonchev–Trinajstić information content (AvgIpc) is 3.24. The molecule has 4 saturated carbocycles. The van der Waals surface area contributed by atoms with E-state index in [0.29, 0.717) is 16.2 Å². The maximum atomic E-state index is 4.39. The molecule has 168 valence electrons. The van der Waals surface area contributed by atoms with Crippen LogP contribution >= 0.6 is 0 Å². The van der Waals surface area contributed by atoms with E-state index < -0.39 is 0 Å². The Kier molecular flexibility index (Phi) is 5.95. The van der Waals surface area contributed by atoms with Crippen molar-refractivity contribution in [2.45, 2.75) is 112 Å². The molecule has 0 aromatic rings. The van der Waals surface area contributed by atoms with Crippen molar-refractivity contribution in [2.75, 3.05) is 0 Å². The zero-order chi connectivity index (χ0) is 21.7. The van der Waals surface area contributed by atoms with E-state index in [0.717, 1.165) is 23.7 Å². The summed E-state index contributed by atoms with van der Waals surface area (Å²) in [7, 11) is 0. The Morgan fingerprint density at radius 1 is 0.933 bits per heavy atom. The predicted octanol–water partition coefficient (Wildman–Crippen LogP) is 9.28. The van der Waals surface area contributed by atoms with Gasteiger partial charge in [-0.25, -0.2) is 0 Å². The van der Waals surface area contributed by atoms with Crippen LogP contribution in [-0.4, -0.2) is 0 Å². The third kappa shape index (κ3) is 3.22. The molecule has 30 heavy (non-hydrogen) atoms. The van der Waals surface area contributed by atoms with E-state index in [4.69, 9.17) is 0 Å². The molecular weight excluding hydrogens is 360 g/mol. The zero-order valence-corrected chi connectivity index (χ0v) is 20.8. The van der Waals surface area contributed by atoms with Crippen LogP contribution < -0.4 is 0 Å². The Bertz CT molecular complexity index is 722. The zero-order valence-electron chi connectivity index (χ0n) is 20.8. The summed E-state index contributed by atoms with van der Waals surface area (Å²) in [6.07, 6.45) is 19.1. The third-order valence-corrected chi connectivity index (χ3v) is 11.0. The topological polar surface area (TPSA) is 0 Å². The number of unbranched alkanes of at least 4 members (excludes halogenated alkanes) is 1. The molecule has 0 radical (unpaired) electrons. The molecule has 5 rings (SSSR count). The van der Waals surface area contributed by atoms with Gasteiger partial charge in [0.05, 0.1) is 0 Å². The van der Waals surface area contributed by atoms with Crippen LogP contribution in [0.4, 0.5) is 0 Å².